The monoisotopic (exact) mass is 200 g/mol. The molecule has 0 aromatic heterocycles. The van der Waals surface area contributed by atoms with Crippen LogP contribution in [0.1, 0.15) is 46.5 Å². The molecule has 0 spiro atoms. The number of hydroxylamine groups is 4. The molecule has 1 heterocycles. The van der Waals surface area contributed by atoms with Crippen LogP contribution in [0.4, 0.5) is 0 Å². The van der Waals surface area contributed by atoms with E-state index < -0.39 is 5.66 Å². The smallest absolute Gasteiger partial charge is 0.116 e. The number of nitrogens with zero attached hydrogens (tertiary/aromatic N) is 2. The van der Waals surface area contributed by atoms with Crippen molar-refractivity contribution >= 4 is 0 Å². The highest BCUT2D eigenvalue weighted by molar-refractivity contribution is 5.07. The van der Waals surface area contributed by atoms with Gasteiger partial charge >= 0.3 is 0 Å². The quantitative estimate of drug-likeness (QED) is 0.626. The molecule has 1 saturated heterocycles. The molecular weight excluding hydrogens is 180 g/mol. The SMILES string of the molecule is CC12CCCCC1N(O)C(C)(C)N2O. The molecule has 0 amide bonds. The highest BCUT2D eigenvalue weighted by atomic mass is 16.6. The van der Waals surface area contributed by atoms with Crippen LogP contribution in [-0.4, -0.2) is 37.8 Å². The van der Waals surface area contributed by atoms with E-state index in [1.165, 1.54) is 10.1 Å². The summed E-state index contributed by atoms with van der Waals surface area (Å²) in [6, 6.07) is 0.0660. The predicted molar refractivity (Wildman–Crippen MR) is 52.0 cm³/mol. The second-order valence-electron chi connectivity index (χ2n) is 5.27. The minimum absolute atomic E-state index is 0.0660. The topological polar surface area (TPSA) is 46.9 Å². The van der Waals surface area contributed by atoms with Crippen LogP contribution in [0.3, 0.4) is 0 Å². The van der Waals surface area contributed by atoms with Gasteiger partial charge < -0.3 is 10.4 Å². The Labute approximate surface area is 85.0 Å². The summed E-state index contributed by atoms with van der Waals surface area (Å²) in [5, 5.41) is 22.8. The van der Waals surface area contributed by atoms with Gasteiger partial charge in [-0.15, -0.1) is 0 Å². The van der Waals surface area contributed by atoms with E-state index in [9.17, 15) is 10.4 Å². The van der Waals surface area contributed by atoms with Crippen molar-refractivity contribution in [2.24, 2.45) is 0 Å². The Morgan fingerprint density at radius 1 is 1.14 bits per heavy atom. The van der Waals surface area contributed by atoms with Crippen LogP contribution < -0.4 is 0 Å². The van der Waals surface area contributed by atoms with E-state index in [1.54, 1.807) is 0 Å². The highest BCUT2D eigenvalue weighted by Crippen LogP contribution is 2.46. The Balaban J connectivity index is 2.35. The van der Waals surface area contributed by atoms with Crippen LogP contribution >= 0.6 is 0 Å². The van der Waals surface area contributed by atoms with E-state index in [-0.39, 0.29) is 11.6 Å². The fourth-order valence-corrected chi connectivity index (χ4v) is 3.03. The number of rotatable bonds is 0. The van der Waals surface area contributed by atoms with E-state index in [2.05, 4.69) is 0 Å². The molecule has 2 N–H and O–H groups in total. The maximum Gasteiger partial charge on any atom is 0.116 e. The summed E-state index contributed by atoms with van der Waals surface area (Å²) < 4.78 is 0. The van der Waals surface area contributed by atoms with Gasteiger partial charge in [-0.1, -0.05) is 12.8 Å². The van der Waals surface area contributed by atoms with Gasteiger partial charge in [0.15, 0.2) is 0 Å². The van der Waals surface area contributed by atoms with Crippen molar-refractivity contribution in [1.82, 2.24) is 10.1 Å². The van der Waals surface area contributed by atoms with Crippen molar-refractivity contribution in [3.8, 4) is 0 Å². The summed E-state index contributed by atoms with van der Waals surface area (Å²) in [7, 11) is 0. The fraction of sp³-hybridized carbons (Fsp3) is 1.00. The molecule has 2 unspecified atom stereocenters. The third-order valence-corrected chi connectivity index (χ3v) is 3.99. The van der Waals surface area contributed by atoms with E-state index in [0.717, 1.165) is 25.7 Å². The molecule has 4 nitrogen and oxygen atoms in total. The summed E-state index contributed by atoms with van der Waals surface area (Å²) in [6.07, 6.45) is 4.19. The number of fused-ring (bicyclic) bond motifs is 1. The molecule has 4 heteroatoms. The van der Waals surface area contributed by atoms with E-state index in [1.807, 2.05) is 20.8 Å². The van der Waals surface area contributed by atoms with Crippen molar-refractivity contribution in [3.05, 3.63) is 0 Å². The third kappa shape index (κ3) is 1.08. The first-order valence-corrected chi connectivity index (χ1v) is 5.38. The standard InChI is InChI=1S/C10H20N2O2/c1-9(2)11(13)8-6-4-5-7-10(8,3)12(9)14/h8,13-14H,4-7H2,1-3H3. The first-order chi connectivity index (χ1) is 6.40. The molecule has 14 heavy (non-hydrogen) atoms. The molecule has 82 valence electrons. The van der Waals surface area contributed by atoms with Crippen LogP contribution in [0.25, 0.3) is 0 Å². The van der Waals surface area contributed by atoms with Gasteiger partial charge in [-0.05, 0) is 33.6 Å². The fourth-order valence-electron chi connectivity index (χ4n) is 3.03. The molecule has 2 atom stereocenters. The third-order valence-electron chi connectivity index (χ3n) is 3.99. The van der Waals surface area contributed by atoms with Gasteiger partial charge in [-0.2, -0.15) is 10.1 Å². The summed E-state index contributed by atoms with van der Waals surface area (Å²) in [5.41, 5.74) is -0.944. The largest absolute Gasteiger partial charge is 0.312 e. The van der Waals surface area contributed by atoms with Gasteiger partial charge in [0, 0.05) is 0 Å². The van der Waals surface area contributed by atoms with Crippen LogP contribution in [0.5, 0.6) is 0 Å². The Morgan fingerprint density at radius 2 is 1.79 bits per heavy atom. The van der Waals surface area contributed by atoms with Crippen molar-refractivity contribution in [3.63, 3.8) is 0 Å². The zero-order valence-corrected chi connectivity index (χ0v) is 9.19. The molecule has 0 aromatic rings. The maximum atomic E-state index is 10.1. The average Bonchev–Trinajstić information content (AvgIpc) is 2.27. The molecule has 2 fully saturated rings. The molecule has 0 bridgehead atoms. The minimum atomic E-state index is -0.663. The minimum Gasteiger partial charge on any atom is -0.312 e. The molecule has 0 aromatic carbocycles. The Hall–Kier alpha value is -0.160. The zero-order chi connectivity index (χ0) is 10.6. The Bertz CT molecular complexity index is 244. The summed E-state index contributed by atoms with van der Waals surface area (Å²) >= 11 is 0. The molecule has 1 saturated carbocycles. The second-order valence-corrected chi connectivity index (χ2v) is 5.27. The molecule has 0 radical (unpaired) electrons. The van der Waals surface area contributed by atoms with Gasteiger partial charge in [0.05, 0.1) is 11.6 Å². The van der Waals surface area contributed by atoms with Gasteiger partial charge in [-0.3, -0.25) is 0 Å². The van der Waals surface area contributed by atoms with Crippen LogP contribution in [0, 0.1) is 0 Å². The molecule has 2 aliphatic rings. The zero-order valence-electron chi connectivity index (χ0n) is 9.19. The van der Waals surface area contributed by atoms with Crippen molar-refractivity contribution in [1.29, 1.82) is 0 Å². The predicted octanol–water partition coefficient (Wildman–Crippen LogP) is 1.82. The van der Waals surface area contributed by atoms with Crippen LogP contribution in [-0.2, 0) is 0 Å². The average molecular weight is 200 g/mol. The normalized spacial score (nSPS) is 43.9. The molecule has 2 rings (SSSR count). The van der Waals surface area contributed by atoms with E-state index in [4.69, 9.17) is 0 Å². The van der Waals surface area contributed by atoms with E-state index in [0.29, 0.717) is 0 Å². The second kappa shape index (κ2) is 2.92. The van der Waals surface area contributed by atoms with Gasteiger partial charge in [0.1, 0.15) is 5.66 Å². The number of hydrogen-bond donors (Lipinski definition) is 2. The lowest BCUT2D eigenvalue weighted by Gasteiger charge is -2.39. The summed E-state index contributed by atoms with van der Waals surface area (Å²) in [4.78, 5) is 0. The Morgan fingerprint density at radius 3 is 2.36 bits per heavy atom. The first-order valence-electron chi connectivity index (χ1n) is 5.38. The molecular formula is C10H20N2O2. The highest BCUT2D eigenvalue weighted by Gasteiger charge is 2.59. The van der Waals surface area contributed by atoms with E-state index >= 15 is 0 Å². The van der Waals surface area contributed by atoms with Gasteiger partial charge in [-0.25, -0.2) is 0 Å². The first kappa shape index (κ1) is 10.4. The van der Waals surface area contributed by atoms with Crippen molar-refractivity contribution in [2.75, 3.05) is 0 Å². The molecule has 1 aliphatic carbocycles. The summed E-state index contributed by atoms with van der Waals surface area (Å²) in [5.74, 6) is 0. The molecule has 1 aliphatic heterocycles. The lowest BCUT2D eigenvalue weighted by Crippen LogP contribution is -2.51. The lowest BCUT2D eigenvalue weighted by molar-refractivity contribution is -0.261. The van der Waals surface area contributed by atoms with Crippen LogP contribution in [0.2, 0.25) is 0 Å². The maximum absolute atomic E-state index is 10.1. The lowest BCUT2D eigenvalue weighted by atomic mass is 9.80. The van der Waals surface area contributed by atoms with Crippen LogP contribution in [0.15, 0.2) is 0 Å². The summed E-state index contributed by atoms with van der Waals surface area (Å²) in [6.45, 7) is 5.72. The number of hydrogen-bond acceptors (Lipinski definition) is 4. The van der Waals surface area contributed by atoms with Crippen molar-refractivity contribution in [2.45, 2.75) is 63.7 Å². The Kier molecular flexibility index (Phi) is 2.16. The van der Waals surface area contributed by atoms with Crippen molar-refractivity contribution < 1.29 is 10.4 Å². The van der Waals surface area contributed by atoms with Gasteiger partial charge in [0.2, 0.25) is 0 Å². The van der Waals surface area contributed by atoms with Gasteiger partial charge in [0.25, 0.3) is 0 Å².